The molecule has 0 aliphatic heterocycles. The minimum atomic E-state index is -1.32. The minimum absolute atomic E-state index is 0.294. The maximum Gasteiger partial charge on any atom is 0.138 e. The van der Waals surface area contributed by atoms with Crippen molar-refractivity contribution >= 4 is 0 Å². The molecule has 0 bridgehead atoms. The van der Waals surface area contributed by atoms with Gasteiger partial charge in [-0.05, 0) is 40.0 Å². The Bertz CT molecular complexity index is 183. The van der Waals surface area contributed by atoms with Crippen LogP contribution in [0.1, 0.15) is 55.4 Å². The van der Waals surface area contributed by atoms with E-state index in [1.165, 1.54) is 0 Å². The summed E-state index contributed by atoms with van der Waals surface area (Å²) in [5, 5.41) is 0. The summed E-state index contributed by atoms with van der Waals surface area (Å²) in [6.07, 6.45) is -0.400. The molecule has 0 saturated carbocycles. The normalized spacial score (nSPS) is 20.4. The first kappa shape index (κ1) is 13.9. The van der Waals surface area contributed by atoms with Crippen molar-refractivity contribution in [3.8, 4) is 0 Å². The van der Waals surface area contributed by atoms with Crippen LogP contribution in [0.15, 0.2) is 0 Å². The highest BCUT2D eigenvalue weighted by Crippen LogP contribution is 2.38. The number of rotatable bonds is 2. The van der Waals surface area contributed by atoms with Crippen LogP contribution in [0.5, 0.6) is 0 Å². The monoisotopic (exact) mass is 204 g/mol. The highest BCUT2D eigenvalue weighted by atomic mass is 19.1. The van der Waals surface area contributed by atoms with Crippen LogP contribution in [0, 0.1) is 5.41 Å². The summed E-state index contributed by atoms with van der Waals surface area (Å²) < 4.78 is 20.1. The second-order valence-corrected chi connectivity index (χ2v) is 6.20. The first-order valence-corrected chi connectivity index (χ1v) is 5.24. The van der Waals surface area contributed by atoms with Crippen LogP contribution in [0.2, 0.25) is 0 Å². The topological polar surface area (TPSA) is 9.23 Å². The zero-order chi connectivity index (χ0) is 11.8. The molecule has 0 heterocycles. The summed E-state index contributed by atoms with van der Waals surface area (Å²) in [7, 11) is 0. The van der Waals surface area contributed by atoms with Crippen molar-refractivity contribution in [2.24, 2.45) is 5.41 Å². The Morgan fingerprint density at radius 3 is 1.50 bits per heavy atom. The van der Waals surface area contributed by atoms with E-state index in [2.05, 4.69) is 0 Å². The Balaban J connectivity index is 4.61. The SMILES string of the molecule is CC(OC(C)(C)C)C(C)(F)C(C)(C)C. The van der Waals surface area contributed by atoms with Crippen LogP contribution in [0.25, 0.3) is 0 Å². The van der Waals surface area contributed by atoms with Crippen LogP contribution < -0.4 is 0 Å². The van der Waals surface area contributed by atoms with Gasteiger partial charge in [-0.15, -0.1) is 0 Å². The molecule has 0 aromatic rings. The van der Waals surface area contributed by atoms with Crippen LogP contribution in [-0.2, 0) is 4.74 Å². The van der Waals surface area contributed by atoms with E-state index in [-0.39, 0.29) is 5.60 Å². The molecule has 0 radical (unpaired) electrons. The fourth-order valence-electron chi connectivity index (χ4n) is 1.25. The largest absolute Gasteiger partial charge is 0.370 e. The van der Waals surface area contributed by atoms with E-state index in [9.17, 15) is 4.39 Å². The van der Waals surface area contributed by atoms with E-state index < -0.39 is 17.2 Å². The Labute approximate surface area is 88.0 Å². The van der Waals surface area contributed by atoms with Crippen molar-refractivity contribution in [3.05, 3.63) is 0 Å². The quantitative estimate of drug-likeness (QED) is 0.661. The summed E-state index contributed by atoms with van der Waals surface area (Å²) in [5.41, 5.74) is -2.02. The smallest absolute Gasteiger partial charge is 0.138 e. The van der Waals surface area contributed by atoms with Crippen molar-refractivity contribution in [2.45, 2.75) is 72.8 Å². The van der Waals surface area contributed by atoms with Crippen LogP contribution in [-0.4, -0.2) is 17.4 Å². The van der Waals surface area contributed by atoms with Gasteiger partial charge in [0, 0.05) is 0 Å². The molecule has 0 aromatic heterocycles. The highest BCUT2D eigenvalue weighted by Gasteiger charge is 2.44. The molecule has 2 unspecified atom stereocenters. The number of halogens is 1. The average Bonchev–Trinajstić information content (AvgIpc) is 1.80. The third-order valence-corrected chi connectivity index (χ3v) is 2.76. The van der Waals surface area contributed by atoms with E-state index in [1.54, 1.807) is 13.8 Å². The molecule has 0 rings (SSSR count). The summed E-state index contributed by atoms with van der Waals surface area (Å²) in [6, 6.07) is 0. The molecule has 0 saturated heterocycles. The zero-order valence-corrected chi connectivity index (χ0v) is 10.9. The van der Waals surface area contributed by atoms with Gasteiger partial charge in [-0.25, -0.2) is 4.39 Å². The Kier molecular flexibility index (Phi) is 3.77. The highest BCUT2D eigenvalue weighted by molar-refractivity contribution is 4.92. The van der Waals surface area contributed by atoms with Gasteiger partial charge in [0.25, 0.3) is 0 Å². The lowest BCUT2D eigenvalue weighted by molar-refractivity contribution is -0.146. The second kappa shape index (κ2) is 3.80. The first-order valence-electron chi connectivity index (χ1n) is 5.24. The van der Waals surface area contributed by atoms with Gasteiger partial charge >= 0.3 is 0 Å². The van der Waals surface area contributed by atoms with Gasteiger partial charge in [-0.1, -0.05) is 20.8 Å². The Hall–Kier alpha value is -0.110. The number of hydrogen-bond donors (Lipinski definition) is 0. The fourth-order valence-corrected chi connectivity index (χ4v) is 1.25. The molecule has 1 nitrogen and oxygen atoms in total. The summed E-state index contributed by atoms with van der Waals surface area (Å²) in [5.74, 6) is 0. The summed E-state index contributed by atoms with van der Waals surface area (Å²) in [4.78, 5) is 0. The van der Waals surface area contributed by atoms with Crippen LogP contribution in [0.3, 0.4) is 0 Å². The molecule has 0 aromatic carbocycles. The van der Waals surface area contributed by atoms with Gasteiger partial charge in [0.15, 0.2) is 0 Å². The van der Waals surface area contributed by atoms with Gasteiger partial charge < -0.3 is 4.74 Å². The van der Waals surface area contributed by atoms with E-state index >= 15 is 0 Å². The minimum Gasteiger partial charge on any atom is -0.370 e. The molecular weight excluding hydrogens is 179 g/mol. The molecule has 0 spiro atoms. The molecule has 0 N–H and O–H groups in total. The molecule has 0 fully saturated rings. The summed E-state index contributed by atoms with van der Waals surface area (Å²) >= 11 is 0. The standard InChI is InChI=1S/C12H25FO/c1-9(14-11(5,6)7)12(8,13)10(2,3)4/h9H,1-8H3. The number of ether oxygens (including phenoxy) is 1. The molecule has 2 heteroatoms. The van der Waals surface area contributed by atoms with E-state index in [0.29, 0.717) is 0 Å². The van der Waals surface area contributed by atoms with Crippen molar-refractivity contribution in [2.75, 3.05) is 0 Å². The fraction of sp³-hybridized carbons (Fsp3) is 1.00. The van der Waals surface area contributed by atoms with E-state index in [0.717, 1.165) is 0 Å². The Morgan fingerprint density at radius 1 is 0.929 bits per heavy atom. The zero-order valence-electron chi connectivity index (χ0n) is 10.9. The maximum absolute atomic E-state index is 14.4. The van der Waals surface area contributed by atoms with Crippen molar-refractivity contribution in [1.29, 1.82) is 0 Å². The first-order chi connectivity index (χ1) is 5.88. The van der Waals surface area contributed by atoms with Gasteiger partial charge in [0.05, 0.1) is 11.7 Å². The summed E-state index contributed by atoms with van der Waals surface area (Å²) in [6.45, 7) is 15.0. The Morgan fingerprint density at radius 2 is 1.29 bits per heavy atom. The molecule has 14 heavy (non-hydrogen) atoms. The predicted molar refractivity (Wildman–Crippen MR) is 59.3 cm³/mol. The lowest BCUT2D eigenvalue weighted by Crippen LogP contribution is -2.48. The lowest BCUT2D eigenvalue weighted by Gasteiger charge is -2.41. The molecular formula is C12H25FO. The second-order valence-electron chi connectivity index (χ2n) is 6.20. The predicted octanol–water partition coefficient (Wildman–Crippen LogP) is 3.96. The average molecular weight is 204 g/mol. The van der Waals surface area contributed by atoms with E-state index in [4.69, 9.17) is 4.74 Å². The molecule has 86 valence electrons. The van der Waals surface area contributed by atoms with Gasteiger partial charge in [-0.3, -0.25) is 0 Å². The van der Waals surface area contributed by atoms with Crippen molar-refractivity contribution in [3.63, 3.8) is 0 Å². The van der Waals surface area contributed by atoms with Gasteiger partial charge in [-0.2, -0.15) is 0 Å². The van der Waals surface area contributed by atoms with Crippen LogP contribution >= 0.6 is 0 Å². The van der Waals surface area contributed by atoms with Gasteiger partial charge in [0.2, 0.25) is 0 Å². The number of alkyl halides is 1. The third kappa shape index (κ3) is 3.56. The van der Waals surface area contributed by atoms with Crippen molar-refractivity contribution in [1.82, 2.24) is 0 Å². The molecule has 0 aliphatic carbocycles. The molecule has 0 amide bonds. The maximum atomic E-state index is 14.4. The molecule has 0 aliphatic rings. The van der Waals surface area contributed by atoms with Crippen LogP contribution in [0.4, 0.5) is 4.39 Å². The van der Waals surface area contributed by atoms with Crippen molar-refractivity contribution < 1.29 is 9.13 Å². The molecule has 2 atom stereocenters. The third-order valence-electron chi connectivity index (χ3n) is 2.76. The van der Waals surface area contributed by atoms with E-state index in [1.807, 2.05) is 41.5 Å². The van der Waals surface area contributed by atoms with Gasteiger partial charge in [0.1, 0.15) is 5.67 Å². The lowest BCUT2D eigenvalue weighted by atomic mass is 9.76. The number of hydrogen-bond acceptors (Lipinski definition) is 1.